The third-order valence-electron chi connectivity index (χ3n) is 21.5. The van der Waals surface area contributed by atoms with E-state index >= 15 is 0 Å². The van der Waals surface area contributed by atoms with Gasteiger partial charge < -0.3 is 55.3 Å². The van der Waals surface area contributed by atoms with E-state index in [0.29, 0.717) is 72.6 Å². The molecule has 5 aliphatic rings. The number of nitrogens with zero attached hydrogens (tertiary/aromatic N) is 2. The van der Waals surface area contributed by atoms with Gasteiger partial charge in [0.25, 0.3) is 0 Å². The van der Waals surface area contributed by atoms with Crippen molar-refractivity contribution in [1.82, 2.24) is 9.97 Å². The number of aromatic nitrogens is 2. The van der Waals surface area contributed by atoms with Crippen molar-refractivity contribution in [3.63, 3.8) is 0 Å². The van der Waals surface area contributed by atoms with Crippen LogP contribution in [0.25, 0.3) is 12.2 Å². The number of ether oxygens (including phenoxy) is 7. The van der Waals surface area contributed by atoms with Gasteiger partial charge in [-0.1, -0.05) is 167 Å². The minimum Gasteiger partial charge on any atom is -0.458 e. The van der Waals surface area contributed by atoms with E-state index in [1.807, 2.05) is 29.3 Å². The molecular formula is C74H119BrN2O13Si3. The minimum absolute atomic E-state index is 0.00574. The minimum atomic E-state index is -2.37. The van der Waals surface area contributed by atoms with E-state index in [-0.39, 0.29) is 72.1 Å². The quantitative estimate of drug-likeness (QED) is 0.0422. The second-order valence-electron chi connectivity index (χ2n) is 30.1. The number of halogens is 1. The predicted octanol–water partition coefficient (Wildman–Crippen LogP) is 19.0. The molecule has 0 radical (unpaired) electrons. The Bertz CT molecular complexity index is 2870. The van der Waals surface area contributed by atoms with Gasteiger partial charge in [-0.05, 0) is 128 Å². The fourth-order valence-corrected chi connectivity index (χ4v) is 25.2. The van der Waals surface area contributed by atoms with E-state index in [0.717, 1.165) is 66.2 Å². The lowest BCUT2D eigenvalue weighted by Gasteiger charge is -2.50. The first-order chi connectivity index (χ1) is 43.9. The molecule has 4 saturated heterocycles. The van der Waals surface area contributed by atoms with E-state index in [4.69, 9.17) is 65.2 Å². The normalized spacial score (nSPS) is 30.9. The van der Waals surface area contributed by atoms with Crippen LogP contribution in [0.3, 0.4) is 0 Å². The van der Waals surface area contributed by atoms with Crippen LogP contribution in [0.1, 0.15) is 204 Å². The monoisotopic (exact) mass is 1410 g/mol. The molecule has 5 aliphatic heterocycles. The van der Waals surface area contributed by atoms with Crippen LogP contribution >= 0.6 is 15.9 Å². The number of carbonyl (C=O) groups is 1. The molecule has 0 amide bonds. The van der Waals surface area contributed by atoms with Crippen molar-refractivity contribution in [2.45, 2.75) is 313 Å². The summed E-state index contributed by atoms with van der Waals surface area (Å²) in [6, 6.07) is 2.76. The van der Waals surface area contributed by atoms with Crippen molar-refractivity contribution < 1.29 is 60.1 Å². The van der Waals surface area contributed by atoms with Crippen molar-refractivity contribution in [1.29, 1.82) is 0 Å². The molecule has 0 aromatic carbocycles. The molecule has 2 aromatic heterocycles. The SMILES string of the molecule is C=C1C[C@@H]2C[C@@H]3C[C@@H](O[Si](C(C)C)(C(C)C)C(C)C)C[C@@H](O3)c3coc(n3)/C=C/C[C@H]3O[C@@H](/C(C)=C/c4coc(C[C@]5(O[Si](CC)(CC)CC)C[C@H](OC)C[C@H]([C@@H](/C=C(C)/C=C/[C@@H](C/C=C/Br)OC)O[Si](C)(C)C(C)(C)C)O5)n4)[C@H](C)[C@@H](OC(=O)/C=C\C[C@@H](C1)O2)[C@H]3C. The highest BCUT2D eigenvalue weighted by atomic mass is 79.9. The van der Waals surface area contributed by atoms with Gasteiger partial charge in [-0.25, -0.2) is 14.8 Å². The second-order valence-corrected chi connectivity index (χ2v) is 45.5. The van der Waals surface area contributed by atoms with Gasteiger partial charge in [0.15, 0.2) is 28.3 Å². The number of esters is 1. The largest absolute Gasteiger partial charge is 0.458 e. The van der Waals surface area contributed by atoms with Crippen LogP contribution < -0.4 is 0 Å². The second kappa shape index (κ2) is 34.1. The van der Waals surface area contributed by atoms with E-state index in [9.17, 15) is 4.79 Å². The third kappa shape index (κ3) is 20.0. The lowest BCUT2D eigenvalue weighted by Crippen LogP contribution is -2.59. The van der Waals surface area contributed by atoms with Crippen molar-refractivity contribution in [2.24, 2.45) is 11.8 Å². The molecule has 0 unspecified atom stereocenters. The van der Waals surface area contributed by atoms with E-state index in [1.54, 1.807) is 32.8 Å². The molecule has 8 bridgehead atoms. The maximum atomic E-state index is 14.1. The summed E-state index contributed by atoms with van der Waals surface area (Å²) in [6.07, 6.45) is 25.2. The number of allylic oxidation sites excluding steroid dienone is 2. The molecule has 7 rings (SSSR count). The predicted molar refractivity (Wildman–Crippen MR) is 383 cm³/mol. The highest BCUT2D eigenvalue weighted by molar-refractivity contribution is 9.11. The summed E-state index contributed by atoms with van der Waals surface area (Å²) in [4.78, 5) is 26.2. The zero-order chi connectivity index (χ0) is 68.2. The number of hydrogen-bond acceptors (Lipinski definition) is 15. The van der Waals surface area contributed by atoms with Gasteiger partial charge in [-0.2, -0.15) is 0 Å². The molecule has 0 saturated carbocycles. The summed E-state index contributed by atoms with van der Waals surface area (Å²) < 4.78 is 82.4. The molecule has 2 aromatic rings. The van der Waals surface area contributed by atoms with Gasteiger partial charge in [-0.3, -0.25) is 0 Å². The number of carbonyl (C=O) groups excluding carboxylic acids is 1. The number of methoxy groups -OCH3 is 2. The van der Waals surface area contributed by atoms with Crippen molar-refractivity contribution >= 4 is 59.0 Å². The average molecular weight is 1410 g/mol. The summed E-state index contributed by atoms with van der Waals surface area (Å²) in [6.45, 7) is 45.0. The Kier molecular flexibility index (Phi) is 28.3. The smallest absolute Gasteiger partial charge is 0.330 e. The molecule has 0 spiro atoms. The first-order valence-corrected chi connectivity index (χ1v) is 43.6. The van der Waals surface area contributed by atoms with Crippen LogP contribution in [-0.2, 0) is 57.7 Å². The lowest BCUT2D eigenvalue weighted by atomic mass is 9.79. The van der Waals surface area contributed by atoms with Gasteiger partial charge in [0.05, 0.1) is 67.5 Å². The van der Waals surface area contributed by atoms with Crippen LogP contribution in [0.15, 0.2) is 92.2 Å². The summed E-state index contributed by atoms with van der Waals surface area (Å²) in [7, 11) is -3.46. The van der Waals surface area contributed by atoms with Crippen LogP contribution in [0.2, 0.25) is 52.9 Å². The Labute approximate surface area is 571 Å². The number of rotatable bonds is 24. The Morgan fingerprint density at radius 2 is 1.53 bits per heavy atom. The standard InChI is InChI=1S/C74H119BrN2O13Si3/c1-22-92(23-2,24-3)90-74(44-62(80-19)43-66(87-74)67(89-91(20,21)73(15,16)17)38-51(10)33-34-57(79-18)29-27-35-75)45-69-76-56(46-81-69)39-53(12)71-55(14)72-54(13)64(85-71)30-26-31-68-77-63(47-82-68)65-42-61(88-93(48(4)5,49(6)7)50(8)9)41-60(84-65)40-59-37-52(11)36-58(83-59)28-25-32-70(78)86-72/h25-27,31-35,38-39,46-50,54-55,57-62,64-67,71-72H,11,22-24,28-30,36-37,40-45H2,1-10,12-21H3/b31-26+,32-25-,34-33+,35-27+,51-38+,53-39+/t54-,55-,57+,58-,59+,60+,61+,62+,64+,65+,66+,67+,71-,72-,74+/m0/s1. The molecule has 4 fully saturated rings. The summed E-state index contributed by atoms with van der Waals surface area (Å²) in [5.41, 5.74) is 5.83. The zero-order valence-corrected chi connectivity index (χ0v) is 65.0. The van der Waals surface area contributed by atoms with Gasteiger partial charge in [0.2, 0.25) is 14.2 Å². The topological polar surface area (TPSA) is 161 Å². The molecule has 15 atom stereocenters. The van der Waals surface area contributed by atoms with E-state index in [2.05, 4.69) is 171 Å². The Morgan fingerprint density at radius 3 is 2.17 bits per heavy atom. The number of fused-ring (bicyclic) bond motifs is 9. The maximum absolute atomic E-state index is 14.1. The summed E-state index contributed by atoms with van der Waals surface area (Å²) in [5, 5.41) is -0.0663. The summed E-state index contributed by atoms with van der Waals surface area (Å²) >= 11 is 3.40. The highest BCUT2D eigenvalue weighted by Crippen LogP contribution is 2.48. The fraction of sp³-hybridized carbons (Fsp3) is 0.716. The van der Waals surface area contributed by atoms with Crippen LogP contribution in [0, 0.1) is 11.8 Å². The van der Waals surface area contributed by atoms with Crippen molar-refractivity contribution in [3.05, 3.63) is 107 Å². The molecular weight excluding hydrogens is 1290 g/mol. The molecule has 19 heteroatoms. The molecule has 7 heterocycles. The molecule has 0 aliphatic carbocycles. The third-order valence-corrected chi connectivity index (χ3v) is 37.1. The van der Waals surface area contributed by atoms with Gasteiger partial charge in [-0.15, -0.1) is 0 Å². The highest BCUT2D eigenvalue weighted by Gasteiger charge is 2.53. The molecule has 522 valence electrons. The number of hydrogen-bond donors (Lipinski definition) is 0. The number of oxazole rings is 2. The van der Waals surface area contributed by atoms with Gasteiger partial charge >= 0.3 is 5.97 Å². The first-order valence-electron chi connectivity index (χ1n) is 35.1. The van der Waals surface area contributed by atoms with Gasteiger partial charge in [0.1, 0.15) is 36.1 Å². The van der Waals surface area contributed by atoms with Crippen LogP contribution in [-0.4, -0.2) is 128 Å². The fourth-order valence-electron chi connectivity index (χ4n) is 15.2. The van der Waals surface area contributed by atoms with Crippen molar-refractivity contribution in [2.75, 3.05) is 14.2 Å². The van der Waals surface area contributed by atoms with Crippen molar-refractivity contribution in [3.8, 4) is 0 Å². The maximum Gasteiger partial charge on any atom is 0.330 e. The lowest BCUT2D eigenvalue weighted by molar-refractivity contribution is -0.276. The van der Waals surface area contributed by atoms with Crippen LogP contribution in [0.5, 0.6) is 0 Å². The zero-order valence-electron chi connectivity index (χ0n) is 60.4. The Morgan fingerprint density at radius 1 is 0.839 bits per heavy atom. The first kappa shape index (κ1) is 77.2. The van der Waals surface area contributed by atoms with Crippen LogP contribution in [0.4, 0.5) is 0 Å². The van der Waals surface area contributed by atoms with Gasteiger partial charge in [0, 0.05) is 57.8 Å². The Hall–Kier alpha value is -3.16. The molecule has 0 N–H and O–H groups in total. The van der Waals surface area contributed by atoms with E-state index in [1.165, 1.54) is 0 Å². The molecule has 15 nitrogen and oxygen atoms in total. The van der Waals surface area contributed by atoms with E-state index < -0.39 is 61.1 Å². The summed E-state index contributed by atoms with van der Waals surface area (Å²) in [5.74, 6) is -0.934. The average Bonchev–Trinajstić information content (AvgIpc) is 1.42. The molecule has 93 heavy (non-hydrogen) atoms. The Balaban J connectivity index is 1.19.